The van der Waals surface area contributed by atoms with Gasteiger partial charge in [0.25, 0.3) is 5.91 Å². The fraction of sp³-hybridized carbons (Fsp3) is 0.250. The van der Waals surface area contributed by atoms with Crippen LogP contribution in [0.4, 0.5) is 5.69 Å². The van der Waals surface area contributed by atoms with Crippen molar-refractivity contribution in [2.45, 2.75) is 13.3 Å². The van der Waals surface area contributed by atoms with E-state index in [9.17, 15) is 9.90 Å². The van der Waals surface area contributed by atoms with Crippen molar-refractivity contribution in [2.75, 3.05) is 26.9 Å². The van der Waals surface area contributed by atoms with Crippen LogP contribution in [-0.2, 0) is 16.0 Å². The zero-order chi connectivity index (χ0) is 22.2. The van der Waals surface area contributed by atoms with Gasteiger partial charge in [-0.3, -0.25) is 9.69 Å². The summed E-state index contributed by atoms with van der Waals surface area (Å²) in [6.45, 7) is 6.84. The Bertz CT molecular complexity index is 1000. The van der Waals surface area contributed by atoms with Crippen LogP contribution in [0.2, 0.25) is 0 Å². The van der Waals surface area contributed by atoms with Gasteiger partial charge in [0.05, 0.1) is 30.4 Å². The van der Waals surface area contributed by atoms with Crippen molar-refractivity contribution in [3.63, 3.8) is 0 Å². The molecule has 2 aromatic rings. The average molecular weight is 439 g/mol. The molecule has 1 fully saturated rings. The maximum atomic E-state index is 13.1. The summed E-state index contributed by atoms with van der Waals surface area (Å²) in [5, 5.41) is 11.0. The molecule has 162 valence electrons. The molecule has 1 saturated heterocycles. The zero-order valence-electron chi connectivity index (χ0n) is 17.7. The predicted octanol–water partition coefficient (Wildman–Crippen LogP) is 4.77. The quantitative estimate of drug-likeness (QED) is 0.451. The molecule has 0 spiro atoms. The van der Waals surface area contributed by atoms with E-state index in [0.29, 0.717) is 47.6 Å². The highest BCUT2D eigenvalue weighted by molar-refractivity contribution is 8.18. The molecule has 0 saturated carbocycles. The van der Waals surface area contributed by atoms with Crippen LogP contribution in [-0.4, -0.2) is 47.9 Å². The number of amides is 1. The van der Waals surface area contributed by atoms with Crippen LogP contribution in [0.5, 0.6) is 11.5 Å². The third-order valence-corrected chi connectivity index (χ3v) is 5.53. The highest BCUT2D eigenvalue weighted by Crippen LogP contribution is 2.37. The molecule has 1 aliphatic rings. The molecule has 0 radical (unpaired) electrons. The first kappa shape index (κ1) is 22.7. The first-order valence-corrected chi connectivity index (χ1v) is 10.8. The SMILES string of the molecule is C=CCc1cc(/C=C2/SC(=Nc3ccccc3)N(CCOC)C2=O)cc(OCC)c1O. The normalized spacial score (nSPS) is 16.3. The number of carbonyl (C=O) groups is 1. The molecule has 0 atom stereocenters. The van der Waals surface area contributed by atoms with Crippen molar-refractivity contribution in [3.05, 3.63) is 71.2 Å². The monoisotopic (exact) mass is 438 g/mol. The number of para-hydroxylation sites is 1. The second-order valence-electron chi connectivity index (χ2n) is 6.74. The van der Waals surface area contributed by atoms with E-state index in [4.69, 9.17) is 9.47 Å². The number of thioether (sulfide) groups is 1. The largest absolute Gasteiger partial charge is 0.504 e. The number of aromatic hydroxyl groups is 1. The summed E-state index contributed by atoms with van der Waals surface area (Å²) in [6.07, 6.45) is 4.01. The summed E-state index contributed by atoms with van der Waals surface area (Å²) in [6, 6.07) is 13.1. The minimum atomic E-state index is -0.131. The molecule has 31 heavy (non-hydrogen) atoms. The van der Waals surface area contributed by atoms with Gasteiger partial charge in [-0.05, 0) is 61.0 Å². The Labute approximate surface area is 186 Å². The van der Waals surface area contributed by atoms with E-state index >= 15 is 0 Å². The summed E-state index contributed by atoms with van der Waals surface area (Å²) >= 11 is 1.32. The molecule has 6 nitrogen and oxygen atoms in total. The summed E-state index contributed by atoms with van der Waals surface area (Å²) in [7, 11) is 1.60. The van der Waals surface area contributed by atoms with Gasteiger partial charge in [-0.25, -0.2) is 4.99 Å². The summed E-state index contributed by atoms with van der Waals surface area (Å²) in [5.41, 5.74) is 2.23. The van der Waals surface area contributed by atoms with Gasteiger partial charge in [0.1, 0.15) is 0 Å². The molecule has 1 aliphatic heterocycles. The van der Waals surface area contributed by atoms with Gasteiger partial charge in [0, 0.05) is 12.7 Å². The van der Waals surface area contributed by atoms with Gasteiger partial charge in [0.2, 0.25) is 0 Å². The lowest BCUT2D eigenvalue weighted by molar-refractivity contribution is -0.122. The number of methoxy groups -OCH3 is 1. The molecule has 3 rings (SSSR count). The van der Waals surface area contributed by atoms with E-state index in [1.54, 1.807) is 30.2 Å². The summed E-state index contributed by atoms with van der Waals surface area (Å²) in [4.78, 5) is 19.9. The number of carbonyl (C=O) groups excluding carboxylic acids is 1. The molecule has 7 heteroatoms. The van der Waals surface area contributed by atoms with Crippen molar-refractivity contribution >= 4 is 34.6 Å². The minimum Gasteiger partial charge on any atom is -0.504 e. The van der Waals surface area contributed by atoms with E-state index in [1.807, 2.05) is 43.3 Å². The number of benzene rings is 2. The van der Waals surface area contributed by atoms with Crippen LogP contribution in [0.3, 0.4) is 0 Å². The second kappa shape index (κ2) is 10.8. The van der Waals surface area contributed by atoms with E-state index < -0.39 is 0 Å². The molecular weight excluding hydrogens is 412 g/mol. The third kappa shape index (κ3) is 5.57. The zero-order valence-corrected chi connectivity index (χ0v) is 18.5. The molecule has 1 heterocycles. The summed E-state index contributed by atoms with van der Waals surface area (Å²) < 4.78 is 10.7. The van der Waals surface area contributed by atoms with E-state index in [0.717, 1.165) is 11.3 Å². The molecule has 0 aliphatic carbocycles. The van der Waals surface area contributed by atoms with E-state index in [-0.39, 0.29) is 11.7 Å². The predicted molar refractivity (Wildman–Crippen MR) is 126 cm³/mol. The molecule has 2 aromatic carbocycles. The number of hydrogen-bond acceptors (Lipinski definition) is 6. The van der Waals surface area contributed by atoms with Gasteiger partial charge >= 0.3 is 0 Å². The van der Waals surface area contributed by atoms with E-state index in [2.05, 4.69) is 11.6 Å². The average Bonchev–Trinajstić information content (AvgIpc) is 3.05. The number of amidine groups is 1. The van der Waals surface area contributed by atoms with Gasteiger partial charge in [-0.15, -0.1) is 6.58 Å². The number of ether oxygens (including phenoxy) is 2. The number of aliphatic imine (C=N–C) groups is 1. The van der Waals surface area contributed by atoms with Crippen molar-refractivity contribution < 1.29 is 19.4 Å². The topological polar surface area (TPSA) is 71.4 Å². The number of phenols is 1. The van der Waals surface area contributed by atoms with Crippen molar-refractivity contribution in [2.24, 2.45) is 4.99 Å². The Kier molecular flexibility index (Phi) is 7.92. The van der Waals surface area contributed by atoms with Gasteiger partial charge < -0.3 is 14.6 Å². The maximum Gasteiger partial charge on any atom is 0.266 e. The van der Waals surface area contributed by atoms with Crippen LogP contribution in [0.15, 0.2) is 65.0 Å². The maximum absolute atomic E-state index is 13.1. The van der Waals surface area contributed by atoms with Crippen molar-refractivity contribution in [1.29, 1.82) is 0 Å². The van der Waals surface area contributed by atoms with Gasteiger partial charge in [-0.1, -0.05) is 24.3 Å². The Morgan fingerprint density at radius 1 is 1.26 bits per heavy atom. The summed E-state index contributed by atoms with van der Waals surface area (Å²) in [5.74, 6) is 0.356. The lowest BCUT2D eigenvalue weighted by Crippen LogP contribution is -2.32. The van der Waals surface area contributed by atoms with Crippen LogP contribution in [0.25, 0.3) is 6.08 Å². The van der Waals surface area contributed by atoms with Crippen LogP contribution in [0.1, 0.15) is 18.1 Å². The second-order valence-corrected chi connectivity index (χ2v) is 7.75. The Morgan fingerprint density at radius 3 is 2.71 bits per heavy atom. The molecule has 0 bridgehead atoms. The Morgan fingerprint density at radius 2 is 2.03 bits per heavy atom. The van der Waals surface area contributed by atoms with Crippen LogP contribution in [0, 0.1) is 0 Å². The van der Waals surface area contributed by atoms with Gasteiger partial charge in [-0.2, -0.15) is 0 Å². The van der Waals surface area contributed by atoms with Crippen molar-refractivity contribution in [3.8, 4) is 11.5 Å². The lowest BCUT2D eigenvalue weighted by atomic mass is 10.1. The minimum absolute atomic E-state index is 0.0994. The molecule has 1 amide bonds. The molecule has 0 unspecified atom stereocenters. The molecular formula is C24H26N2O4S. The number of phenolic OH excluding ortho intramolecular Hbond substituents is 1. The Hall–Kier alpha value is -3.03. The highest BCUT2D eigenvalue weighted by Gasteiger charge is 2.33. The van der Waals surface area contributed by atoms with Crippen LogP contribution < -0.4 is 4.74 Å². The smallest absolute Gasteiger partial charge is 0.266 e. The standard InChI is InChI=1S/C24H26N2O4S/c1-4-9-18-14-17(15-20(22(18)27)30-5-2)16-21-23(28)26(12-13-29-3)24(31-21)25-19-10-7-6-8-11-19/h4,6-8,10-11,14-16,27H,1,5,9,12-13H2,2-3H3/b21-16+,25-24?. The van der Waals surface area contributed by atoms with Crippen molar-refractivity contribution in [1.82, 2.24) is 4.90 Å². The first-order valence-electron chi connectivity index (χ1n) is 10.0. The first-order chi connectivity index (χ1) is 15.1. The number of rotatable bonds is 9. The third-order valence-electron chi connectivity index (χ3n) is 4.53. The fourth-order valence-corrected chi connectivity index (χ4v) is 4.11. The lowest BCUT2D eigenvalue weighted by Gasteiger charge is -2.14. The van der Waals surface area contributed by atoms with E-state index in [1.165, 1.54) is 11.8 Å². The Balaban J connectivity index is 1.99. The molecule has 1 N–H and O–H groups in total. The number of nitrogens with zero attached hydrogens (tertiary/aromatic N) is 2. The van der Waals surface area contributed by atoms with Crippen LogP contribution >= 0.6 is 11.8 Å². The fourth-order valence-electron chi connectivity index (χ4n) is 3.08. The number of allylic oxidation sites excluding steroid dienone is 1. The molecule has 0 aromatic heterocycles. The number of hydrogen-bond donors (Lipinski definition) is 1. The van der Waals surface area contributed by atoms with Gasteiger partial charge in [0.15, 0.2) is 16.7 Å². The highest BCUT2D eigenvalue weighted by atomic mass is 32.2.